The Labute approximate surface area is 90.9 Å². The van der Waals surface area contributed by atoms with Crippen LogP contribution in [0.15, 0.2) is 12.3 Å². The van der Waals surface area contributed by atoms with Crippen molar-refractivity contribution in [1.29, 1.82) is 0 Å². The number of carbonyl (C=O) groups excluding carboxylic acids is 1. The van der Waals surface area contributed by atoms with E-state index in [-0.39, 0.29) is 18.3 Å². The zero-order chi connectivity index (χ0) is 10.8. The Bertz CT molecular complexity index is 286. The lowest BCUT2D eigenvalue weighted by Gasteiger charge is -2.29. The molecule has 2 heterocycles. The van der Waals surface area contributed by atoms with Crippen LogP contribution in [-0.4, -0.2) is 51.4 Å². The number of carbonyl (C=O) groups is 1. The van der Waals surface area contributed by atoms with Crippen LogP contribution in [0.3, 0.4) is 0 Å². The Balaban J connectivity index is 1.99. The summed E-state index contributed by atoms with van der Waals surface area (Å²) in [7, 11) is 0. The molecule has 0 radical (unpaired) electrons. The van der Waals surface area contributed by atoms with Gasteiger partial charge in [-0.25, -0.2) is 4.79 Å². The van der Waals surface area contributed by atoms with Crippen LogP contribution in [0.5, 0.6) is 0 Å². The van der Waals surface area contributed by atoms with Gasteiger partial charge in [0.25, 0.3) is 0 Å². The van der Waals surface area contributed by atoms with Gasteiger partial charge in [0.15, 0.2) is 0 Å². The number of nitrogens with one attached hydrogen (secondary N) is 1. The fraction of sp³-hybridized carbons (Fsp3) is 0.625. The lowest BCUT2D eigenvalue weighted by molar-refractivity contribution is -0.0245. The van der Waals surface area contributed by atoms with E-state index in [2.05, 4.69) is 5.32 Å². The van der Waals surface area contributed by atoms with Gasteiger partial charge in [0.1, 0.15) is 17.9 Å². The third-order valence-electron chi connectivity index (χ3n) is 2.13. The molecule has 6 nitrogen and oxygen atoms in total. The maximum Gasteiger partial charge on any atom is 0.325 e. The number of urea groups is 1. The standard InChI is InChI=1S/C8H12N2O4S/c11-3-7-14-6(4-15-7)10-2-1-5(12)9-8(10)13/h1-2,5-7,11-12H,3-4H2,(H,9,13)/t5?,6-,7-/m0/s1. The van der Waals surface area contributed by atoms with Gasteiger partial charge in [-0.3, -0.25) is 4.90 Å². The Morgan fingerprint density at radius 3 is 3.13 bits per heavy atom. The van der Waals surface area contributed by atoms with Crippen LogP contribution in [-0.2, 0) is 4.74 Å². The number of hydrogen-bond acceptors (Lipinski definition) is 5. The summed E-state index contributed by atoms with van der Waals surface area (Å²) in [5.74, 6) is 0.610. The van der Waals surface area contributed by atoms with Crippen LogP contribution in [0.1, 0.15) is 0 Å². The zero-order valence-corrected chi connectivity index (χ0v) is 8.68. The fourth-order valence-corrected chi connectivity index (χ4v) is 2.33. The summed E-state index contributed by atoms with van der Waals surface area (Å²) in [6.45, 7) is -0.0665. The highest BCUT2D eigenvalue weighted by molar-refractivity contribution is 8.00. The minimum Gasteiger partial charge on any atom is -0.393 e. The van der Waals surface area contributed by atoms with Crippen LogP contribution in [0.2, 0.25) is 0 Å². The van der Waals surface area contributed by atoms with Gasteiger partial charge in [-0.2, -0.15) is 0 Å². The van der Waals surface area contributed by atoms with E-state index in [4.69, 9.17) is 14.9 Å². The molecule has 0 aliphatic carbocycles. The summed E-state index contributed by atoms with van der Waals surface area (Å²) in [4.78, 5) is 12.8. The number of amides is 2. The Kier molecular flexibility index (Phi) is 3.15. The second-order valence-electron chi connectivity index (χ2n) is 3.18. The average Bonchev–Trinajstić information content (AvgIpc) is 2.66. The molecule has 2 aliphatic heterocycles. The van der Waals surface area contributed by atoms with E-state index in [1.54, 1.807) is 0 Å². The first-order valence-corrected chi connectivity index (χ1v) is 5.58. The SMILES string of the molecule is O=C1NC(O)C=CN1[C@@H]1CS[C@@H](CO)O1. The molecule has 0 bridgehead atoms. The molecule has 2 amide bonds. The summed E-state index contributed by atoms with van der Waals surface area (Å²) < 4.78 is 5.40. The molecule has 2 aliphatic rings. The van der Waals surface area contributed by atoms with Crippen molar-refractivity contribution in [2.24, 2.45) is 0 Å². The summed E-state index contributed by atoms with van der Waals surface area (Å²) in [5.41, 5.74) is -0.275. The third kappa shape index (κ3) is 2.25. The summed E-state index contributed by atoms with van der Waals surface area (Å²) in [6.07, 6.45) is 1.64. The molecule has 0 aromatic rings. The molecule has 2 rings (SSSR count). The molecule has 0 aromatic carbocycles. The number of nitrogens with zero attached hydrogens (tertiary/aromatic N) is 1. The molecule has 0 saturated carbocycles. The van der Waals surface area contributed by atoms with Gasteiger partial charge >= 0.3 is 6.03 Å². The topological polar surface area (TPSA) is 82.0 Å². The predicted molar refractivity (Wildman–Crippen MR) is 53.7 cm³/mol. The summed E-state index contributed by atoms with van der Waals surface area (Å²) >= 11 is 1.46. The van der Waals surface area contributed by atoms with E-state index in [1.807, 2.05) is 0 Å². The molecule has 3 N–H and O–H groups in total. The minimum atomic E-state index is -0.934. The van der Waals surface area contributed by atoms with Crippen molar-refractivity contribution in [2.45, 2.75) is 17.9 Å². The first-order chi connectivity index (χ1) is 7.20. The summed E-state index contributed by atoms with van der Waals surface area (Å²) in [5, 5.41) is 20.3. The lowest BCUT2D eigenvalue weighted by Crippen LogP contribution is -2.50. The van der Waals surface area contributed by atoms with Crippen molar-refractivity contribution in [3.8, 4) is 0 Å². The maximum absolute atomic E-state index is 11.4. The fourth-order valence-electron chi connectivity index (χ4n) is 1.40. The van der Waals surface area contributed by atoms with Gasteiger partial charge in [-0.15, -0.1) is 11.8 Å². The number of hydrogen-bond donors (Lipinski definition) is 3. The molecule has 0 aromatic heterocycles. The van der Waals surface area contributed by atoms with E-state index in [9.17, 15) is 4.79 Å². The van der Waals surface area contributed by atoms with Crippen molar-refractivity contribution in [2.75, 3.05) is 12.4 Å². The molecular weight excluding hydrogens is 220 g/mol. The van der Waals surface area contributed by atoms with Crippen molar-refractivity contribution in [3.05, 3.63) is 12.3 Å². The van der Waals surface area contributed by atoms with Crippen LogP contribution in [0.25, 0.3) is 0 Å². The van der Waals surface area contributed by atoms with Crippen molar-refractivity contribution in [1.82, 2.24) is 10.2 Å². The molecule has 1 saturated heterocycles. The lowest BCUT2D eigenvalue weighted by atomic mass is 10.4. The smallest absolute Gasteiger partial charge is 0.325 e. The van der Waals surface area contributed by atoms with Crippen molar-refractivity contribution in [3.63, 3.8) is 0 Å². The highest BCUT2D eigenvalue weighted by Crippen LogP contribution is 2.27. The van der Waals surface area contributed by atoms with Gasteiger partial charge in [0.05, 0.1) is 6.61 Å². The highest BCUT2D eigenvalue weighted by Gasteiger charge is 2.33. The minimum absolute atomic E-state index is 0.0665. The molecule has 15 heavy (non-hydrogen) atoms. The molecule has 1 fully saturated rings. The van der Waals surface area contributed by atoms with Gasteiger partial charge in [-0.1, -0.05) is 0 Å². The Morgan fingerprint density at radius 1 is 1.73 bits per heavy atom. The monoisotopic (exact) mass is 232 g/mol. The first kappa shape index (κ1) is 10.7. The predicted octanol–water partition coefficient (Wildman–Crippen LogP) is -0.748. The quantitative estimate of drug-likeness (QED) is 0.583. The highest BCUT2D eigenvalue weighted by atomic mass is 32.2. The van der Waals surface area contributed by atoms with Crippen LogP contribution < -0.4 is 5.32 Å². The van der Waals surface area contributed by atoms with Crippen LogP contribution >= 0.6 is 11.8 Å². The number of ether oxygens (including phenoxy) is 1. The van der Waals surface area contributed by atoms with E-state index in [1.165, 1.54) is 28.9 Å². The second kappa shape index (κ2) is 4.40. The summed E-state index contributed by atoms with van der Waals surface area (Å²) in [6, 6.07) is -0.394. The molecule has 1 unspecified atom stereocenters. The molecule has 0 spiro atoms. The Morgan fingerprint density at radius 2 is 2.53 bits per heavy atom. The largest absolute Gasteiger partial charge is 0.393 e. The van der Waals surface area contributed by atoms with E-state index < -0.39 is 12.3 Å². The Hall–Kier alpha value is -0.760. The first-order valence-electron chi connectivity index (χ1n) is 4.54. The van der Waals surface area contributed by atoms with Gasteiger partial charge in [-0.05, 0) is 6.08 Å². The van der Waals surface area contributed by atoms with Crippen LogP contribution in [0, 0.1) is 0 Å². The zero-order valence-electron chi connectivity index (χ0n) is 7.87. The number of aliphatic hydroxyl groups is 2. The van der Waals surface area contributed by atoms with Gasteiger partial charge in [0.2, 0.25) is 0 Å². The third-order valence-corrected chi connectivity index (χ3v) is 3.24. The average molecular weight is 232 g/mol. The van der Waals surface area contributed by atoms with Gasteiger partial charge < -0.3 is 20.3 Å². The van der Waals surface area contributed by atoms with Crippen molar-refractivity contribution >= 4 is 17.8 Å². The normalized spacial score (nSPS) is 35.7. The van der Waals surface area contributed by atoms with E-state index in [0.29, 0.717) is 5.75 Å². The molecular formula is C8H12N2O4S. The maximum atomic E-state index is 11.4. The second-order valence-corrected chi connectivity index (χ2v) is 4.37. The van der Waals surface area contributed by atoms with Crippen LogP contribution in [0.4, 0.5) is 4.79 Å². The molecule has 7 heteroatoms. The number of thioether (sulfide) groups is 1. The van der Waals surface area contributed by atoms with Gasteiger partial charge in [0, 0.05) is 12.0 Å². The van der Waals surface area contributed by atoms with Crippen molar-refractivity contribution < 1.29 is 19.7 Å². The van der Waals surface area contributed by atoms with E-state index in [0.717, 1.165) is 0 Å². The number of aliphatic hydroxyl groups excluding tert-OH is 2. The molecule has 3 atom stereocenters. The van der Waals surface area contributed by atoms with E-state index >= 15 is 0 Å². The molecule has 84 valence electrons. The number of rotatable bonds is 2.